The van der Waals surface area contributed by atoms with Gasteiger partial charge in [0, 0.05) is 26.2 Å². The molecule has 0 saturated carbocycles. The minimum absolute atomic E-state index is 0.0530. The lowest BCUT2D eigenvalue weighted by atomic mass is 10.3. The summed E-state index contributed by atoms with van der Waals surface area (Å²) in [4.78, 5) is 30.2. The van der Waals surface area contributed by atoms with E-state index in [1.165, 1.54) is 18.3 Å². The quantitative estimate of drug-likeness (QED) is 0.831. The van der Waals surface area contributed by atoms with E-state index in [-0.39, 0.29) is 18.2 Å². The van der Waals surface area contributed by atoms with Gasteiger partial charge in [-0.05, 0) is 19.2 Å². The van der Waals surface area contributed by atoms with Crippen LogP contribution in [0.15, 0.2) is 18.3 Å². The highest BCUT2D eigenvalue weighted by atomic mass is 16.5. The van der Waals surface area contributed by atoms with Crippen LogP contribution in [0.4, 0.5) is 0 Å². The van der Waals surface area contributed by atoms with Gasteiger partial charge in [-0.2, -0.15) is 0 Å². The zero-order chi connectivity index (χ0) is 14.5. The predicted molar refractivity (Wildman–Crippen MR) is 70.8 cm³/mol. The van der Waals surface area contributed by atoms with Gasteiger partial charge < -0.3 is 19.6 Å². The van der Waals surface area contributed by atoms with Crippen LogP contribution in [0.5, 0.6) is 5.75 Å². The summed E-state index contributed by atoms with van der Waals surface area (Å²) in [6.07, 6.45) is 1.31. The fraction of sp³-hybridized carbons (Fsp3) is 0.462. The molecule has 0 bridgehead atoms. The number of aromatic nitrogens is 1. The van der Waals surface area contributed by atoms with Gasteiger partial charge >= 0.3 is 5.97 Å². The molecule has 1 aromatic heterocycles. The van der Waals surface area contributed by atoms with E-state index < -0.39 is 5.97 Å². The lowest BCUT2D eigenvalue weighted by Crippen LogP contribution is -2.48. The summed E-state index contributed by atoms with van der Waals surface area (Å²) in [5.74, 6) is -0.775. The molecule has 1 amide bonds. The van der Waals surface area contributed by atoms with Gasteiger partial charge in [-0.25, -0.2) is 9.78 Å². The van der Waals surface area contributed by atoms with Gasteiger partial charge in [0.25, 0.3) is 5.91 Å². The van der Waals surface area contributed by atoms with Crippen molar-refractivity contribution in [3.05, 3.63) is 24.0 Å². The first kappa shape index (κ1) is 14.3. The standard InChI is InChI=1S/C13H17N3O4/c1-15-4-6-16(7-5-15)12(17)9-20-10-2-3-11(13(18)19)14-8-10/h2-3,8H,4-7,9H2,1H3,(H,18,19). The number of aromatic carboxylic acids is 1. The van der Waals surface area contributed by atoms with Crippen molar-refractivity contribution in [3.8, 4) is 5.75 Å². The maximum absolute atomic E-state index is 11.9. The predicted octanol–water partition coefficient (Wildman–Crippen LogP) is -0.0674. The average Bonchev–Trinajstić information content (AvgIpc) is 2.46. The van der Waals surface area contributed by atoms with Crippen molar-refractivity contribution in [1.29, 1.82) is 0 Å². The van der Waals surface area contributed by atoms with Crippen LogP contribution in [-0.4, -0.2) is 71.6 Å². The number of carbonyl (C=O) groups excluding carboxylic acids is 1. The highest BCUT2D eigenvalue weighted by Crippen LogP contribution is 2.09. The Hall–Kier alpha value is -2.15. The lowest BCUT2D eigenvalue weighted by molar-refractivity contribution is -0.134. The zero-order valence-corrected chi connectivity index (χ0v) is 11.3. The largest absolute Gasteiger partial charge is 0.482 e. The van der Waals surface area contributed by atoms with Crippen LogP contribution >= 0.6 is 0 Å². The Bertz CT molecular complexity index is 481. The molecular formula is C13H17N3O4. The molecule has 0 spiro atoms. The molecule has 1 aliphatic heterocycles. The molecule has 0 unspecified atom stereocenters. The van der Waals surface area contributed by atoms with Crippen molar-refractivity contribution < 1.29 is 19.4 Å². The third-order valence-corrected chi connectivity index (χ3v) is 3.17. The van der Waals surface area contributed by atoms with E-state index in [0.29, 0.717) is 18.8 Å². The molecule has 20 heavy (non-hydrogen) atoms. The van der Waals surface area contributed by atoms with Gasteiger partial charge in [-0.1, -0.05) is 0 Å². The van der Waals surface area contributed by atoms with Crippen molar-refractivity contribution in [2.75, 3.05) is 39.8 Å². The van der Waals surface area contributed by atoms with Crippen molar-refractivity contribution >= 4 is 11.9 Å². The summed E-state index contributed by atoms with van der Waals surface area (Å²) in [6, 6.07) is 2.84. The number of carbonyl (C=O) groups is 2. The molecule has 0 aliphatic carbocycles. The molecule has 0 atom stereocenters. The summed E-state index contributed by atoms with van der Waals surface area (Å²) in [6.45, 7) is 3.07. The van der Waals surface area contributed by atoms with E-state index in [9.17, 15) is 9.59 Å². The van der Waals surface area contributed by atoms with Gasteiger partial charge in [0.05, 0.1) is 6.20 Å². The molecular weight excluding hydrogens is 262 g/mol. The van der Waals surface area contributed by atoms with Crippen LogP contribution in [0.2, 0.25) is 0 Å². The topological polar surface area (TPSA) is 83.0 Å². The normalized spacial score (nSPS) is 15.9. The first-order chi connectivity index (χ1) is 9.56. The summed E-state index contributed by atoms with van der Waals surface area (Å²) in [5, 5.41) is 8.72. The number of amides is 1. The molecule has 0 aromatic carbocycles. The monoisotopic (exact) mass is 279 g/mol. The second-order valence-electron chi connectivity index (χ2n) is 4.66. The minimum atomic E-state index is -1.09. The number of rotatable bonds is 4. The van der Waals surface area contributed by atoms with Gasteiger partial charge in [0.2, 0.25) is 0 Å². The molecule has 2 heterocycles. The summed E-state index contributed by atoms with van der Waals surface area (Å²) in [5.41, 5.74) is -0.0530. The molecule has 1 aliphatic rings. The van der Waals surface area contributed by atoms with Crippen molar-refractivity contribution in [1.82, 2.24) is 14.8 Å². The van der Waals surface area contributed by atoms with Crippen LogP contribution < -0.4 is 4.74 Å². The van der Waals surface area contributed by atoms with Crippen LogP contribution in [-0.2, 0) is 4.79 Å². The Kier molecular flexibility index (Phi) is 4.52. The fourth-order valence-electron chi connectivity index (χ4n) is 1.88. The Balaban J connectivity index is 1.82. The number of hydrogen-bond acceptors (Lipinski definition) is 5. The molecule has 108 valence electrons. The van der Waals surface area contributed by atoms with E-state index in [1.54, 1.807) is 4.90 Å². The number of hydrogen-bond donors (Lipinski definition) is 1. The first-order valence-electron chi connectivity index (χ1n) is 6.35. The molecule has 1 aromatic rings. The Morgan fingerprint density at radius 2 is 2.00 bits per heavy atom. The second kappa shape index (κ2) is 6.33. The third-order valence-electron chi connectivity index (χ3n) is 3.17. The van der Waals surface area contributed by atoms with Crippen molar-refractivity contribution in [3.63, 3.8) is 0 Å². The highest BCUT2D eigenvalue weighted by Gasteiger charge is 2.19. The number of nitrogens with zero attached hydrogens (tertiary/aromatic N) is 3. The molecule has 1 fully saturated rings. The maximum atomic E-state index is 11.9. The second-order valence-corrected chi connectivity index (χ2v) is 4.66. The molecule has 0 radical (unpaired) electrons. The molecule has 1 N–H and O–H groups in total. The molecule has 1 saturated heterocycles. The van der Waals surface area contributed by atoms with Crippen molar-refractivity contribution in [2.24, 2.45) is 0 Å². The van der Waals surface area contributed by atoms with E-state index >= 15 is 0 Å². The Morgan fingerprint density at radius 3 is 2.55 bits per heavy atom. The molecule has 7 nitrogen and oxygen atoms in total. The van der Waals surface area contributed by atoms with E-state index in [0.717, 1.165) is 13.1 Å². The van der Waals surface area contributed by atoms with Crippen LogP contribution in [0.1, 0.15) is 10.5 Å². The number of carboxylic acids is 1. The molecule has 7 heteroatoms. The summed E-state index contributed by atoms with van der Waals surface area (Å²) >= 11 is 0. The van der Waals surface area contributed by atoms with Crippen LogP contribution in [0, 0.1) is 0 Å². The zero-order valence-electron chi connectivity index (χ0n) is 11.3. The van der Waals surface area contributed by atoms with Gasteiger partial charge in [-0.3, -0.25) is 4.79 Å². The van der Waals surface area contributed by atoms with Crippen LogP contribution in [0.25, 0.3) is 0 Å². The number of ether oxygens (including phenoxy) is 1. The number of pyridine rings is 1. The number of piperazine rings is 1. The summed E-state index contributed by atoms with van der Waals surface area (Å²) in [7, 11) is 2.02. The minimum Gasteiger partial charge on any atom is -0.482 e. The van der Waals surface area contributed by atoms with Crippen LogP contribution in [0.3, 0.4) is 0 Å². The smallest absolute Gasteiger partial charge is 0.354 e. The summed E-state index contributed by atoms with van der Waals surface area (Å²) < 4.78 is 5.32. The van der Waals surface area contributed by atoms with Crippen molar-refractivity contribution in [2.45, 2.75) is 0 Å². The lowest BCUT2D eigenvalue weighted by Gasteiger charge is -2.32. The highest BCUT2D eigenvalue weighted by molar-refractivity contribution is 5.85. The fourth-order valence-corrected chi connectivity index (χ4v) is 1.88. The number of carboxylic acid groups (broad SMARTS) is 1. The third kappa shape index (κ3) is 3.67. The SMILES string of the molecule is CN1CCN(C(=O)COc2ccc(C(=O)O)nc2)CC1. The maximum Gasteiger partial charge on any atom is 0.354 e. The Morgan fingerprint density at radius 1 is 1.30 bits per heavy atom. The Labute approximate surface area is 116 Å². The first-order valence-corrected chi connectivity index (χ1v) is 6.35. The number of likely N-dealkylation sites (N-methyl/N-ethyl adjacent to an activating group) is 1. The van der Waals surface area contributed by atoms with Gasteiger partial charge in [0.15, 0.2) is 6.61 Å². The van der Waals surface area contributed by atoms with Gasteiger partial charge in [-0.15, -0.1) is 0 Å². The van der Waals surface area contributed by atoms with E-state index in [1.807, 2.05) is 7.05 Å². The average molecular weight is 279 g/mol. The van der Waals surface area contributed by atoms with E-state index in [4.69, 9.17) is 9.84 Å². The van der Waals surface area contributed by atoms with Gasteiger partial charge in [0.1, 0.15) is 11.4 Å². The molecule has 2 rings (SSSR count). The van der Waals surface area contributed by atoms with E-state index in [2.05, 4.69) is 9.88 Å².